The molecule has 1 heterocycles. The Labute approximate surface area is 141 Å². The molecule has 3 rings (SSSR count). The molecule has 3 aromatic rings. The summed E-state index contributed by atoms with van der Waals surface area (Å²) in [7, 11) is 0. The van der Waals surface area contributed by atoms with Crippen LogP contribution >= 0.6 is 0 Å². The highest BCUT2D eigenvalue weighted by Crippen LogP contribution is 2.15. The summed E-state index contributed by atoms with van der Waals surface area (Å²) in [5.74, 6) is -0.277. The highest BCUT2D eigenvalue weighted by atomic mass is 19.1. The van der Waals surface area contributed by atoms with Gasteiger partial charge in [0.15, 0.2) is 0 Å². The van der Waals surface area contributed by atoms with E-state index in [-0.39, 0.29) is 11.7 Å². The quantitative estimate of drug-likeness (QED) is 0.657. The van der Waals surface area contributed by atoms with Crippen LogP contribution in [0, 0.1) is 5.82 Å². The van der Waals surface area contributed by atoms with Crippen LogP contribution in [0.3, 0.4) is 0 Å². The van der Waals surface area contributed by atoms with Crippen molar-refractivity contribution < 1.29 is 9.18 Å². The number of para-hydroxylation sites is 1. The lowest BCUT2D eigenvalue weighted by Gasteiger charge is -2.08. The van der Waals surface area contributed by atoms with Crippen LogP contribution in [-0.2, 0) is 17.8 Å². The monoisotopic (exact) mass is 324 g/mol. The average molecular weight is 324 g/mol. The third kappa shape index (κ3) is 4.02. The van der Waals surface area contributed by atoms with E-state index in [1.807, 2.05) is 12.1 Å². The fourth-order valence-electron chi connectivity index (χ4n) is 2.85. The van der Waals surface area contributed by atoms with Crippen LogP contribution < -0.4 is 5.32 Å². The van der Waals surface area contributed by atoms with Crippen molar-refractivity contribution in [2.45, 2.75) is 25.8 Å². The lowest BCUT2D eigenvalue weighted by atomic mass is 10.1. The first kappa shape index (κ1) is 16.2. The molecule has 0 aliphatic rings. The fourth-order valence-corrected chi connectivity index (χ4v) is 2.85. The number of amides is 1. The third-order valence-corrected chi connectivity index (χ3v) is 4.16. The number of hydrogen-bond donors (Lipinski definition) is 1. The molecule has 1 aromatic heterocycles. The topological polar surface area (TPSA) is 34.0 Å². The van der Waals surface area contributed by atoms with Gasteiger partial charge in [-0.05, 0) is 42.0 Å². The maximum Gasteiger partial charge on any atom is 0.220 e. The van der Waals surface area contributed by atoms with Crippen molar-refractivity contribution in [1.29, 1.82) is 0 Å². The SMILES string of the molecule is O=C(CCc1ccccc1F)NCCCn1ccc2ccccc21. The number of hydrogen-bond acceptors (Lipinski definition) is 1. The average Bonchev–Trinajstić information content (AvgIpc) is 3.01. The Morgan fingerprint density at radius 2 is 1.83 bits per heavy atom. The Balaban J connectivity index is 1.40. The van der Waals surface area contributed by atoms with Crippen molar-refractivity contribution >= 4 is 16.8 Å². The van der Waals surface area contributed by atoms with Crippen LogP contribution in [0.2, 0.25) is 0 Å². The number of carbonyl (C=O) groups excluding carboxylic acids is 1. The molecule has 1 amide bonds. The first-order valence-electron chi connectivity index (χ1n) is 8.28. The molecule has 0 aliphatic heterocycles. The van der Waals surface area contributed by atoms with E-state index in [4.69, 9.17) is 0 Å². The second-order valence-corrected chi connectivity index (χ2v) is 5.86. The zero-order valence-corrected chi connectivity index (χ0v) is 13.5. The molecular formula is C20H21FN2O. The molecule has 2 aromatic carbocycles. The molecule has 4 heteroatoms. The van der Waals surface area contributed by atoms with Crippen LogP contribution in [0.4, 0.5) is 4.39 Å². The second kappa shape index (κ2) is 7.77. The van der Waals surface area contributed by atoms with Crippen molar-refractivity contribution in [3.8, 4) is 0 Å². The molecule has 0 unspecified atom stereocenters. The zero-order valence-electron chi connectivity index (χ0n) is 13.5. The number of carbonyl (C=O) groups is 1. The van der Waals surface area contributed by atoms with Gasteiger partial charge in [-0.15, -0.1) is 0 Å². The molecule has 3 nitrogen and oxygen atoms in total. The van der Waals surface area contributed by atoms with Gasteiger partial charge in [0.2, 0.25) is 5.91 Å². The van der Waals surface area contributed by atoms with Crippen LogP contribution in [0.1, 0.15) is 18.4 Å². The van der Waals surface area contributed by atoms with Crippen LogP contribution in [0.15, 0.2) is 60.8 Å². The van der Waals surface area contributed by atoms with Gasteiger partial charge < -0.3 is 9.88 Å². The zero-order chi connectivity index (χ0) is 16.8. The predicted octanol–water partition coefficient (Wildman–Crippen LogP) is 3.92. The summed E-state index contributed by atoms with van der Waals surface area (Å²) in [6.07, 6.45) is 3.68. The molecule has 0 spiro atoms. The number of aryl methyl sites for hydroxylation is 2. The van der Waals surface area contributed by atoms with Gasteiger partial charge in [-0.25, -0.2) is 4.39 Å². The molecule has 124 valence electrons. The van der Waals surface area contributed by atoms with E-state index in [1.165, 1.54) is 17.0 Å². The van der Waals surface area contributed by atoms with E-state index < -0.39 is 0 Å². The highest BCUT2D eigenvalue weighted by molar-refractivity contribution is 5.79. The number of aromatic nitrogens is 1. The summed E-state index contributed by atoms with van der Waals surface area (Å²) in [4.78, 5) is 11.9. The van der Waals surface area contributed by atoms with Crippen molar-refractivity contribution in [3.63, 3.8) is 0 Å². The van der Waals surface area contributed by atoms with Crippen molar-refractivity contribution in [2.75, 3.05) is 6.54 Å². The molecule has 1 N–H and O–H groups in total. The molecular weight excluding hydrogens is 303 g/mol. The number of fused-ring (bicyclic) bond motifs is 1. The Morgan fingerprint density at radius 3 is 2.71 bits per heavy atom. The largest absolute Gasteiger partial charge is 0.356 e. The van der Waals surface area contributed by atoms with Crippen LogP contribution in [0.5, 0.6) is 0 Å². The normalized spacial score (nSPS) is 10.9. The first-order valence-corrected chi connectivity index (χ1v) is 8.28. The van der Waals surface area contributed by atoms with Crippen LogP contribution in [0.25, 0.3) is 10.9 Å². The number of benzene rings is 2. The first-order chi connectivity index (χ1) is 11.7. The molecule has 0 saturated heterocycles. The lowest BCUT2D eigenvalue weighted by Crippen LogP contribution is -2.25. The second-order valence-electron chi connectivity index (χ2n) is 5.86. The smallest absolute Gasteiger partial charge is 0.220 e. The number of rotatable bonds is 7. The summed E-state index contributed by atoms with van der Waals surface area (Å²) in [6, 6.07) is 16.9. The number of nitrogens with one attached hydrogen (secondary N) is 1. The minimum atomic E-state index is -0.246. The summed E-state index contributed by atoms with van der Waals surface area (Å²) in [6.45, 7) is 1.49. The summed E-state index contributed by atoms with van der Waals surface area (Å²) in [5.41, 5.74) is 1.80. The van der Waals surface area contributed by atoms with Gasteiger partial charge >= 0.3 is 0 Å². The minimum Gasteiger partial charge on any atom is -0.356 e. The number of halogens is 1. The van der Waals surface area contributed by atoms with Gasteiger partial charge in [0.1, 0.15) is 5.82 Å². The minimum absolute atomic E-state index is 0.0318. The van der Waals surface area contributed by atoms with Gasteiger partial charge in [-0.3, -0.25) is 4.79 Å². The van der Waals surface area contributed by atoms with Gasteiger partial charge in [-0.2, -0.15) is 0 Å². The van der Waals surface area contributed by atoms with E-state index in [0.29, 0.717) is 24.9 Å². The molecule has 0 bridgehead atoms. The highest BCUT2D eigenvalue weighted by Gasteiger charge is 2.05. The predicted molar refractivity (Wildman–Crippen MR) is 94.3 cm³/mol. The Bertz CT molecular complexity index is 825. The lowest BCUT2D eigenvalue weighted by molar-refractivity contribution is -0.121. The molecule has 0 radical (unpaired) electrons. The standard InChI is InChI=1S/C20H21FN2O/c21-18-8-3-1-6-16(18)10-11-20(24)22-13-5-14-23-15-12-17-7-2-4-9-19(17)23/h1-4,6-9,12,15H,5,10-11,13-14H2,(H,22,24). The maximum atomic E-state index is 13.5. The van der Waals surface area contributed by atoms with E-state index >= 15 is 0 Å². The summed E-state index contributed by atoms with van der Waals surface area (Å²) >= 11 is 0. The fraction of sp³-hybridized carbons (Fsp3) is 0.250. The third-order valence-electron chi connectivity index (χ3n) is 4.16. The molecule has 0 saturated carbocycles. The van der Waals surface area contributed by atoms with Gasteiger partial charge in [0.25, 0.3) is 0 Å². The summed E-state index contributed by atoms with van der Waals surface area (Å²) in [5, 5.41) is 4.14. The Hall–Kier alpha value is -2.62. The Morgan fingerprint density at radius 1 is 1.04 bits per heavy atom. The summed E-state index contributed by atoms with van der Waals surface area (Å²) < 4.78 is 15.7. The molecule has 24 heavy (non-hydrogen) atoms. The van der Waals surface area contributed by atoms with Gasteiger partial charge in [0.05, 0.1) is 0 Å². The van der Waals surface area contributed by atoms with E-state index in [2.05, 4.69) is 34.3 Å². The maximum absolute atomic E-state index is 13.5. The van der Waals surface area contributed by atoms with Crippen molar-refractivity contribution in [3.05, 3.63) is 72.2 Å². The number of nitrogens with zero attached hydrogens (tertiary/aromatic N) is 1. The van der Waals surface area contributed by atoms with Crippen molar-refractivity contribution in [1.82, 2.24) is 9.88 Å². The van der Waals surface area contributed by atoms with E-state index in [0.717, 1.165) is 13.0 Å². The van der Waals surface area contributed by atoms with E-state index in [9.17, 15) is 9.18 Å². The van der Waals surface area contributed by atoms with Crippen molar-refractivity contribution in [2.24, 2.45) is 0 Å². The van der Waals surface area contributed by atoms with Gasteiger partial charge in [-0.1, -0.05) is 36.4 Å². The molecule has 0 atom stereocenters. The Kier molecular flexibility index (Phi) is 5.26. The van der Waals surface area contributed by atoms with Gasteiger partial charge in [0, 0.05) is 31.2 Å². The molecule has 0 aliphatic carbocycles. The molecule has 0 fully saturated rings. The van der Waals surface area contributed by atoms with E-state index in [1.54, 1.807) is 18.2 Å². The van der Waals surface area contributed by atoms with Crippen LogP contribution in [-0.4, -0.2) is 17.0 Å².